The van der Waals surface area contributed by atoms with Crippen molar-refractivity contribution in [3.8, 4) is 0 Å². The van der Waals surface area contributed by atoms with Crippen LogP contribution in [0.25, 0.3) is 22.1 Å². The van der Waals surface area contributed by atoms with Gasteiger partial charge in [-0.1, -0.05) is 24.3 Å². The van der Waals surface area contributed by atoms with Crippen LogP contribution in [0.4, 0.5) is 0 Å². The average Bonchev–Trinajstić information content (AvgIpc) is 3.16. The first kappa shape index (κ1) is 13.0. The summed E-state index contributed by atoms with van der Waals surface area (Å²) in [5.41, 5.74) is 3.32. The molecule has 110 valence electrons. The Balaban J connectivity index is 1.70. The zero-order valence-electron chi connectivity index (χ0n) is 11.6. The first-order chi connectivity index (χ1) is 10.7. The van der Waals surface area contributed by atoms with Gasteiger partial charge in [0.15, 0.2) is 17.1 Å². The van der Waals surface area contributed by atoms with E-state index in [4.69, 9.17) is 0 Å². The van der Waals surface area contributed by atoms with Gasteiger partial charge in [-0.2, -0.15) is 0 Å². The van der Waals surface area contributed by atoms with E-state index in [0.29, 0.717) is 11.6 Å². The van der Waals surface area contributed by atoms with Crippen molar-refractivity contribution in [1.29, 1.82) is 0 Å². The van der Waals surface area contributed by atoms with Gasteiger partial charge >= 0.3 is 0 Å². The lowest BCUT2D eigenvalue weighted by atomic mass is 10.2. The maximum Gasteiger partial charge on any atom is 0.285 e. The van der Waals surface area contributed by atoms with Crippen molar-refractivity contribution >= 4 is 22.1 Å². The van der Waals surface area contributed by atoms with Crippen molar-refractivity contribution in [2.24, 2.45) is 0 Å². The van der Waals surface area contributed by atoms with Gasteiger partial charge in [0.05, 0.1) is 11.0 Å². The summed E-state index contributed by atoms with van der Waals surface area (Å²) in [5, 5.41) is 20.8. The van der Waals surface area contributed by atoms with Crippen LogP contribution < -0.4 is 4.98 Å². The molecule has 0 spiro atoms. The van der Waals surface area contributed by atoms with Gasteiger partial charge in [-0.3, -0.25) is 0 Å². The third kappa shape index (κ3) is 2.05. The Morgan fingerprint density at radius 1 is 0.864 bits per heavy atom. The van der Waals surface area contributed by atoms with E-state index in [1.807, 2.05) is 48.5 Å². The molecular formula is C16H15N4O2+. The Morgan fingerprint density at radius 3 is 2.36 bits per heavy atom. The lowest BCUT2D eigenvalue weighted by Gasteiger charge is -2.10. The maximum absolute atomic E-state index is 10.4. The summed E-state index contributed by atoms with van der Waals surface area (Å²) < 4.78 is 0. The van der Waals surface area contributed by atoms with E-state index < -0.39 is 12.2 Å². The minimum atomic E-state index is -1.16. The van der Waals surface area contributed by atoms with E-state index in [1.165, 1.54) is 0 Å². The van der Waals surface area contributed by atoms with E-state index >= 15 is 0 Å². The number of benzene rings is 2. The molecule has 2 heterocycles. The fourth-order valence-corrected chi connectivity index (χ4v) is 2.59. The summed E-state index contributed by atoms with van der Waals surface area (Å²) in [7, 11) is 0. The maximum atomic E-state index is 10.4. The van der Waals surface area contributed by atoms with E-state index in [0.717, 1.165) is 22.1 Å². The molecule has 6 nitrogen and oxygen atoms in total. The molecule has 0 radical (unpaired) electrons. The summed E-state index contributed by atoms with van der Waals surface area (Å²) >= 11 is 0. The molecule has 0 saturated heterocycles. The number of H-pyrrole nitrogens is 3. The van der Waals surface area contributed by atoms with E-state index in [-0.39, 0.29) is 0 Å². The van der Waals surface area contributed by atoms with Crippen LogP contribution in [0.3, 0.4) is 0 Å². The number of nitrogens with zero attached hydrogens (tertiary/aromatic N) is 1. The van der Waals surface area contributed by atoms with Gasteiger partial charge in [0.25, 0.3) is 5.82 Å². The predicted molar refractivity (Wildman–Crippen MR) is 80.9 cm³/mol. The SMILES string of the molecule is OC(c1nc2ccccc2[nH]1)C(O)c1[nH]c2ccccc2[nH+]1. The van der Waals surface area contributed by atoms with Gasteiger partial charge in [0, 0.05) is 0 Å². The van der Waals surface area contributed by atoms with Gasteiger partial charge < -0.3 is 15.2 Å². The van der Waals surface area contributed by atoms with Crippen LogP contribution in [0, 0.1) is 0 Å². The Hall–Kier alpha value is -2.70. The van der Waals surface area contributed by atoms with Crippen molar-refractivity contribution in [2.75, 3.05) is 0 Å². The third-order valence-electron chi connectivity index (χ3n) is 3.75. The molecule has 4 rings (SSSR count). The van der Waals surface area contributed by atoms with E-state index in [2.05, 4.69) is 19.9 Å². The van der Waals surface area contributed by atoms with Crippen LogP contribution in [0.1, 0.15) is 23.9 Å². The Bertz CT molecular complexity index is 799. The normalized spacial score (nSPS) is 14.5. The second kappa shape index (κ2) is 4.94. The quantitative estimate of drug-likeness (QED) is 0.462. The molecule has 2 aromatic carbocycles. The highest BCUT2D eigenvalue weighted by Gasteiger charge is 2.30. The predicted octanol–water partition coefficient (Wildman–Crippen LogP) is 1.63. The Labute approximate surface area is 125 Å². The van der Waals surface area contributed by atoms with Crippen molar-refractivity contribution < 1.29 is 15.2 Å². The number of nitrogens with one attached hydrogen (secondary N) is 3. The van der Waals surface area contributed by atoms with E-state index in [1.54, 1.807) is 0 Å². The number of aliphatic hydroxyl groups excluding tert-OH is 2. The van der Waals surface area contributed by atoms with Crippen molar-refractivity contribution in [3.05, 3.63) is 60.2 Å². The molecule has 2 atom stereocenters. The molecule has 5 N–H and O–H groups in total. The monoisotopic (exact) mass is 295 g/mol. The topological polar surface area (TPSA) is 99.1 Å². The van der Waals surface area contributed by atoms with Gasteiger partial charge in [0.2, 0.25) is 0 Å². The summed E-state index contributed by atoms with van der Waals surface area (Å²) in [6, 6.07) is 15.1. The number of hydrogen-bond donors (Lipinski definition) is 4. The Morgan fingerprint density at radius 2 is 1.59 bits per heavy atom. The second-order valence-electron chi connectivity index (χ2n) is 5.24. The lowest BCUT2D eigenvalue weighted by molar-refractivity contribution is -0.372. The zero-order chi connectivity index (χ0) is 15.1. The molecule has 0 saturated carbocycles. The zero-order valence-corrected chi connectivity index (χ0v) is 11.6. The van der Waals surface area contributed by atoms with Crippen LogP contribution in [-0.2, 0) is 0 Å². The number of aromatic amines is 3. The fraction of sp³-hybridized carbons (Fsp3) is 0.125. The van der Waals surface area contributed by atoms with Crippen LogP contribution >= 0.6 is 0 Å². The fourth-order valence-electron chi connectivity index (χ4n) is 2.59. The largest absolute Gasteiger partial charge is 0.382 e. The minimum absolute atomic E-state index is 0.334. The number of aliphatic hydroxyl groups is 2. The first-order valence-corrected chi connectivity index (χ1v) is 7.03. The molecule has 22 heavy (non-hydrogen) atoms. The van der Waals surface area contributed by atoms with Crippen molar-refractivity contribution in [3.63, 3.8) is 0 Å². The molecule has 0 fully saturated rings. The number of imidazole rings is 2. The Kier molecular flexibility index (Phi) is 2.92. The molecule has 0 aliphatic rings. The number of rotatable bonds is 3. The molecule has 0 amide bonds. The van der Waals surface area contributed by atoms with Crippen LogP contribution in [0.2, 0.25) is 0 Å². The van der Waals surface area contributed by atoms with Crippen molar-refractivity contribution in [2.45, 2.75) is 12.2 Å². The highest BCUT2D eigenvalue weighted by molar-refractivity contribution is 5.74. The molecule has 0 aliphatic carbocycles. The molecule has 4 aromatic rings. The highest BCUT2D eigenvalue weighted by Crippen LogP contribution is 2.26. The molecule has 0 aliphatic heterocycles. The standard InChI is InChI=1S/C16H14N4O2/c21-13(15-17-9-5-1-2-6-10(9)18-15)14(22)16-19-11-7-3-4-8-12(11)20-16/h1-8,13-14,21-22H,(H,17,18)(H,19,20)/p+1. The third-order valence-corrected chi connectivity index (χ3v) is 3.75. The molecule has 0 bridgehead atoms. The highest BCUT2D eigenvalue weighted by atomic mass is 16.3. The lowest BCUT2D eigenvalue weighted by Crippen LogP contribution is -2.19. The summed E-state index contributed by atoms with van der Waals surface area (Å²) in [6.07, 6.45) is -2.29. The van der Waals surface area contributed by atoms with Gasteiger partial charge in [-0.05, 0) is 24.3 Å². The second-order valence-corrected chi connectivity index (χ2v) is 5.24. The molecule has 2 unspecified atom stereocenters. The van der Waals surface area contributed by atoms with Crippen LogP contribution in [0.5, 0.6) is 0 Å². The number of aromatic nitrogens is 4. The molecule has 2 aromatic heterocycles. The van der Waals surface area contributed by atoms with Crippen molar-refractivity contribution in [1.82, 2.24) is 15.0 Å². The van der Waals surface area contributed by atoms with E-state index in [9.17, 15) is 10.2 Å². The van der Waals surface area contributed by atoms with Crippen LogP contribution in [0.15, 0.2) is 48.5 Å². The number of para-hydroxylation sites is 4. The summed E-state index contributed by atoms with van der Waals surface area (Å²) in [5.74, 6) is 0.773. The molecular weight excluding hydrogens is 280 g/mol. The minimum Gasteiger partial charge on any atom is -0.382 e. The van der Waals surface area contributed by atoms with Gasteiger partial charge in [-0.15, -0.1) is 0 Å². The van der Waals surface area contributed by atoms with Crippen LogP contribution in [-0.4, -0.2) is 25.2 Å². The van der Waals surface area contributed by atoms with Gasteiger partial charge in [-0.25, -0.2) is 15.0 Å². The summed E-state index contributed by atoms with van der Waals surface area (Å²) in [4.78, 5) is 13.5. The number of hydrogen-bond acceptors (Lipinski definition) is 3. The smallest absolute Gasteiger partial charge is 0.285 e. The first-order valence-electron chi connectivity index (χ1n) is 7.03. The number of fused-ring (bicyclic) bond motifs is 2. The van der Waals surface area contributed by atoms with Gasteiger partial charge in [0.1, 0.15) is 11.9 Å². The summed E-state index contributed by atoms with van der Waals surface area (Å²) in [6.45, 7) is 0. The average molecular weight is 295 g/mol. The molecule has 6 heteroatoms.